The summed E-state index contributed by atoms with van der Waals surface area (Å²) in [4.78, 5) is 61.0. The smallest absolute Gasteiger partial charge is 0.414 e. The molecule has 1 amide bonds. The van der Waals surface area contributed by atoms with E-state index in [2.05, 4.69) is 15.3 Å². The molecule has 0 atom stereocenters. The molecule has 10 heteroatoms. The fourth-order valence-electron chi connectivity index (χ4n) is 3.68. The summed E-state index contributed by atoms with van der Waals surface area (Å²) in [5.41, 5.74) is 0.0304. The van der Waals surface area contributed by atoms with Crippen LogP contribution in [0.5, 0.6) is 0 Å². The minimum absolute atomic E-state index is 0.0357. The van der Waals surface area contributed by atoms with Gasteiger partial charge in [0, 0.05) is 11.1 Å². The van der Waals surface area contributed by atoms with Crippen molar-refractivity contribution in [2.75, 3.05) is 5.32 Å². The van der Waals surface area contributed by atoms with Crippen molar-refractivity contribution in [3.05, 3.63) is 124 Å². The van der Waals surface area contributed by atoms with E-state index >= 15 is 0 Å². The number of hydrogen-bond donors (Lipinski definition) is 1. The SMILES string of the molecule is O=C(Nc1nc2ncn(C(=O)c3ccccc3)c2c(=O)n1C(=O)c1ccccc1)OCc1ccccc1. The van der Waals surface area contributed by atoms with Crippen LogP contribution in [0.3, 0.4) is 0 Å². The molecule has 0 saturated carbocycles. The van der Waals surface area contributed by atoms with Gasteiger partial charge in [0.15, 0.2) is 11.2 Å². The summed E-state index contributed by atoms with van der Waals surface area (Å²) in [6, 6.07) is 25.3. The van der Waals surface area contributed by atoms with Crippen molar-refractivity contribution in [2.24, 2.45) is 0 Å². The second-order valence-electron chi connectivity index (χ2n) is 7.89. The maximum atomic E-state index is 13.6. The molecule has 0 radical (unpaired) electrons. The van der Waals surface area contributed by atoms with Gasteiger partial charge in [-0.3, -0.25) is 24.3 Å². The standard InChI is InChI=1S/C27H19N5O5/c33-23(19-12-6-2-7-13-19)31-17-28-22-21(31)25(35)32(24(34)20-14-8-3-9-15-20)26(29-22)30-27(36)37-16-18-10-4-1-5-11-18/h1-15,17H,16H2,(H,29,30,36). The van der Waals surface area contributed by atoms with E-state index in [1.54, 1.807) is 72.8 Å². The molecule has 1 N–H and O–H groups in total. The first-order valence-corrected chi connectivity index (χ1v) is 11.2. The van der Waals surface area contributed by atoms with Gasteiger partial charge in [-0.2, -0.15) is 4.98 Å². The molecule has 182 valence electrons. The predicted molar refractivity (Wildman–Crippen MR) is 134 cm³/mol. The number of amides is 1. The lowest BCUT2D eigenvalue weighted by Crippen LogP contribution is -2.34. The first-order valence-electron chi connectivity index (χ1n) is 11.2. The van der Waals surface area contributed by atoms with Crippen LogP contribution in [0, 0.1) is 0 Å². The molecule has 0 aliphatic rings. The zero-order valence-electron chi connectivity index (χ0n) is 19.3. The molecule has 5 aromatic rings. The molecule has 0 fully saturated rings. The van der Waals surface area contributed by atoms with Crippen molar-refractivity contribution < 1.29 is 19.1 Å². The minimum Gasteiger partial charge on any atom is -0.444 e. The van der Waals surface area contributed by atoms with E-state index in [1.807, 2.05) is 6.07 Å². The Morgan fingerprint density at radius 2 is 1.35 bits per heavy atom. The Morgan fingerprint density at radius 1 is 0.784 bits per heavy atom. The third kappa shape index (κ3) is 4.76. The molecule has 2 heterocycles. The molecule has 0 unspecified atom stereocenters. The van der Waals surface area contributed by atoms with Gasteiger partial charge in [-0.15, -0.1) is 0 Å². The summed E-state index contributed by atoms with van der Waals surface area (Å²) in [7, 11) is 0. The van der Waals surface area contributed by atoms with Crippen molar-refractivity contribution in [3.63, 3.8) is 0 Å². The van der Waals surface area contributed by atoms with E-state index in [0.717, 1.165) is 16.5 Å². The summed E-state index contributed by atoms with van der Waals surface area (Å²) in [6.45, 7) is -0.0357. The van der Waals surface area contributed by atoms with Gasteiger partial charge in [0.1, 0.15) is 12.9 Å². The molecule has 0 saturated heterocycles. The molecule has 0 bridgehead atoms. The molecule has 3 aromatic carbocycles. The number of benzene rings is 3. The first-order chi connectivity index (χ1) is 18.0. The molecule has 37 heavy (non-hydrogen) atoms. The molecule has 0 aliphatic carbocycles. The average Bonchev–Trinajstić information content (AvgIpc) is 3.37. The highest BCUT2D eigenvalue weighted by molar-refractivity contribution is 6.03. The lowest BCUT2D eigenvalue weighted by atomic mass is 10.2. The summed E-state index contributed by atoms with van der Waals surface area (Å²) < 4.78 is 6.96. The van der Waals surface area contributed by atoms with E-state index in [0.29, 0.717) is 10.1 Å². The fraction of sp³-hybridized carbons (Fsp3) is 0.0370. The lowest BCUT2D eigenvalue weighted by molar-refractivity contribution is 0.0947. The van der Waals surface area contributed by atoms with Gasteiger partial charge in [0.2, 0.25) is 5.95 Å². The van der Waals surface area contributed by atoms with Gasteiger partial charge < -0.3 is 4.74 Å². The number of fused-ring (bicyclic) bond motifs is 1. The van der Waals surface area contributed by atoms with Gasteiger partial charge in [0.05, 0.1) is 0 Å². The number of rotatable bonds is 5. The molecule has 0 spiro atoms. The van der Waals surface area contributed by atoms with E-state index in [9.17, 15) is 19.2 Å². The van der Waals surface area contributed by atoms with Crippen LogP contribution in [0.2, 0.25) is 0 Å². The van der Waals surface area contributed by atoms with Crippen LogP contribution in [0.15, 0.2) is 102 Å². The summed E-state index contributed by atoms with van der Waals surface area (Å²) >= 11 is 0. The zero-order valence-corrected chi connectivity index (χ0v) is 19.3. The highest BCUT2D eigenvalue weighted by Gasteiger charge is 2.25. The Morgan fingerprint density at radius 3 is 1.97 bits per heavy atom. The van der Waals surface area contributed by atoms with Crippen molar-refractivity contribution in [1.82, 2.24) is 19.1 Å². The largest absolute Gasteiger partial charge is 0.444 e. The second-order valence-corrected chi connectivity index (χ2v) is 7.89. The van der Waals surface area contributed by atoms with Crippen molar-refractivity contribution in [2.45, 2.75) is 6.61 Å². The zero-order chi connectivity index (χ0) is 25.8. The third-order valence-electron chi connectivity index (χ3n) is 5.47. The first kappa shape index (κ1) is 23.4. The van der Waals surface area contributed by atoms with Gasteiger partial charge >= 0.3 is 6.09 Å². The number of anilines is 1. The van der Waals surface area contributed by atoms with Crippen molar-refractivity contribution in [3.8, 4) is 0 Å². The van der Waals surface area contributed by atoms with E-state index in [1.165, 1.54) is 12.1 Å². The van der Waals surface area contributed by atoms with Crippen LogP contribution in [-0.4, -0.2) is 37.0 Å². The number of hydrogen-bond acceptors (Lipinski definition) is 7. The van der Waals surface area contributed by atoms with Gasteiger partial charge in [-0.05, 0) is 29.8 Å². The van der Waals surface area contributed by atoms with Crippen molar-refractivity contribution in [1.29, 1.82) is 0 Å². The van der Waals surface area contributed by atoms with E-state index < -0.39 is 23.5 Å². The number of imidazole rings is 1. The van der Waals surface area contributed by atoms with Gasteiger partial charge in [-0.25, -0.2) is 14.3 Å². The molecule has 10 nitrogen and oxygen atoms in total. The lowest BCUT2D eigenvalue weighted by Gasteiger charge is -2.13. The molecule has 2 aromatic heterocycles. The van der Waals surface area contributed by atoms with E-state index in [4.69, 9.17) is 4.74 Å². The Bertz CT molecular complexity index is 1660. The normalized spacial score (nSPS) is 10.7. The number of nitrogens with one attached hydrogen (secondary N) is 1. The highest BCUT2D eigenvalue weighted by atomic mass is 16.5. The van der Waals surface area contributed by atoms with Crippen LogP contribution < -0.4 is 10.9 Å². The number of aromatic nitrogens is 4. The maximum Gasteiger partial charge on any atom is 0.414 e. The van der Waals surface area contributed by atoms with Crippen LogP contribution in [-0.2, 0) is 11.3 Å². The summed E-state index contributed by atoms with van der Waals surface area (Å²) in [6.07, 6.45) is 0.230. The third-order valence-corrected chi connectivity index (χ3v) is 5.47. The number of carbonyl (C=O) groups excluding carboxylic acids is 3. The molecular formula is C27H19N5O5. The maximum absolute atomic E-state index is 13.6. The van der Waals surface area contributed by atoms with Gasteiger partial charge in [0.25, 0.3) is 17.4 Å². The van der Waals surface area contributed by atoms with Crippen LogP contribution in [0.4, 0.5) is 10.7 Å². The second kappa shape index (κ2) is 10.1. The van der Waals surface area contributed by atoms with Crippen LogP contribution in [0.1, 0.15) is 26.3 Å². The monoisotopic (exact) mass is 493 g/mol. The number of nitrogens with zero attached hydrogens (tertiary/aromatic N) is 4. The Labute approximate surface area is 209 Å². The summed E-state index contributed by atoms with van der Waals surface area (Å²) in [5, 5.41) is 2.37. The van der Waals surface area contributed by atoms with Crippen LogP contribution >= 0.6 is 0 Å². The van der Waals surface area contributed by atoms with E-state index in [-0.39, 0.29) is 29.3 Å². The molecular weight excluding hydrogens is 474 g/mol. The minimum atomic E-state index is -0.926. The Hall–Kier alpha value is -5.38. The fourth-order valence-corrected chi connectivity index (χ4v) is 3.68. The van der Waals surface area contributed by atoms with Crippen LogP contribution in [0.25, 0.3) is 11.2 Å². The predicted octanol–water partition coefficient (Wildman–Crippen LogP) is 3.72. The number of ether oxygens (including phenoxy) is 1. The Balaban J connectivity index is 1.57. The average molecular weight is 493 g/mol. The summed E-state index contributed by atoms with van der Waals surface area (Å²) in [5.74, 6) is -1.66. The topological polar surface area (TPSA) is 125 Å². The molecule has 5 rings (SSSR count). The highest BCUT2D eigenvalue weighted by Crippen LogP contribution is 2.15. The Kier molecular flexibility index (Phi) is 6.37. The molecule has 0 aliphatic heterocycles. The van der Waals surface area contributed by atoms with Gasteiger partial charge in [-0.1, -0.05) is 66.7 Å². The van der Waals surface area contributed by atoms with Crippen molar-refractivity contribution >= 4 is 35.0 Å². The quantitative estimate of drug-likeness (QED) is 0.396. The number of carbonyl (C=O) groups is 3.